The van der Waals surface area contributed by atoms with Crippen molar-refractivity contribution in [1.29, 1.82) is 0 Å². The van der Waals surface area contributed by atoms with Crippen molar-refractivity contribution in [2.75, 3.05) is 32.7 Å². The molecule has 0 radical (unpaired) electrons. The zero-order chi connectivity index (χ0) is 28.0. The van der Waals surface area contributed by atoms with Gasteiger partial charge in [0.05, 0.1) is 22.9 Å². The SMILES string of the molecule is O=C(CN(CCN1CCCC1)S(=O)(=O)c1ccc(Cl)c([N+](=O)[O-])c1)N(Cc1ccc(F)cc1)Cc1cccs1. The number of carbonyl (C=O) groups excluding carboxylic acids is 1. The molecule has 3 aromatic rings. The summed E-state index contributed by atoms with van der Waals surface area (Å²) in [5, 5.41) is 13.1. The van der Waals surface area contributed by atoms with Gasteiger partial charge in [-0.15, -0.1) is 11.3 Å². The number of hydrogen-bond acceptors (Lipinski definition) is 7. The van der Waals surface area contributed by atoms with E-state index in [1.54, 1.807) is 12.1 Å². The number of hydrogen-bond donors (Lipinski definition) is 0. The van der Waals surface area contributed by atoms with Gasteiger partial charge in [-0.05, 0) is 67.2 Å². The number of nitrogens with zero attached hydrogens (tertiary/aromatic N) is 4. The highest BCUT2D eigenvalue weighted by molar-refractivity contribution is 7.89. The van der Waals surface area contributed by atoms with Gasteiger partial charge in [0.2, 0.25) is 15.9 Å². The highest BCUT2D eigenvalue weighted by atomic mass is 35.5. The van der Waals surface area contributed by atoms with E-state index in [9.17, 15) is 27.7 Å². The number of sulfonamides is 1. The molecule has 1 saturated heterocycles. The lowest BCUT2D eigenvalue weighted by Crippen LogP contribution is -2.45. The van der Waals surface area contributed by atoms with Crippen LogP contribution in [0.5, 0.6) is 0 Å². The van der Waals surface area contributed by atoms with Crippen molar-refractivity contribution in [2.45, 2.75) is 30.8 Å². The molecule has 1 aliphatic heterocycles. The molecule has 0 saturated carbocycles. The highest BCUT2D eigenvalue weighted by Gasteiger charge is 2.31. The fraction of sp³-hybridized carbons (Fsp3) is 0.346. The first kappa shape index (κ1) is 29.1. The number of halogens is 2. The summed E-state index contributed by atoms with van der Waals surface area (Å²) in [5.41, 5.74) is 0.167. The first-order valence-electron chi connectivity index (χ1n) is 12.3. The zero-order valence-electron chi connectivity index (χ0n) is 21.0. The maximum Gasteiger partial charge on any atom is 0.289 e. The number of likely N-dealkylation sites (tertiary alicyclic amines) is 1. The summed E-state index contributed by atoms with van der Waals surface area (Å²) in [6, 6.07) is 12.8. The third kappa shape index (κ3) is 7.61. The lowest BCUT2D eigenvalue weighted by atomic mass is 10.2. The predicted octanol–water partition coefficient (Wildman–Crippen LogP) is 4.76. The Morgan fingerprint density at radius 1 is 1.10 bits per heavy atom. The smallest absolute Gasteiger partial charge is 0.289 e. The molecule has 1 aromatic heterocycles. The van der Waals surface area contributed by atoms with Crippen molar-refractivity contribution in [3.05, 3.63) is 91.4 Å². The molecule has 0 aliphatic carbocycles. The number of benzene rings is 2. The maximum absolute atomic E-state index is 13.7. The summed E-state index contributed by atoms with van der Waals surface area (Å²) in [6.45, 7) is 2.08. The zero-order valence-corrected chi connectivity index (χ0v) is 23.4. The van der Waals surface area contributed by atoms with Crippen LogP contribution >= 0.6 is 22.9 Å². The summed E-state index contributed by atoms with van der Waals surface area (Å²) in [6.07, 6.45) is 2.03. The predicted molar refractivity (Wildman–Crippen MR) is 148 cm³/mol. The Bertz CT molecular complexity index is 1400. The number of thiophene rings is 1. The Hall–Kier alpha value is -2.90. The fourth-order valence-electron chi connectivity index (χ4n) is 4.37. The minimum atomic E-state index is -4.29. The molecule has 0 spiro atoms. The molecule has 1 aliphatic rings. The molecule has 208 valence electrons. The van der Waals surface area contributed by atoms with E-state index in [4.69, 9.17) is 11.6 Å². The maximum atomic E-state index is 13.7. The Balaban J connectivity index is 1.62. The normalized spacial score (nSPS) is 14.1. The summed E-state index contributed by atoms with van der Waals surface area (Å²) in [4.78, 5) is 28.6. The topological polar surface area (TPSA) is 104 Å². The molecule has 0 bridgehead atoms. The van der Waals surface area contributed by atoms with Crippen LogP contribution in [0.1, 0.15) is 23.3 Å². The molecule has 1 amide bonds. The summed E-state index contributed by atoms with van der Waals surface area (Å²) >= 11 is 7.38. The molecule has 2 aromatic carbocycles. The van der Waals surface area contributed by atoms with Crippen LogP contribution in [0, 0.1) is 15.9 Å². The van der Waals surface area contributed by atoms with E-state index in [2.05, 4.69) is 4.90 Å². The van der Waals surface area contributed by atoms with Gasteiger partial charge in [0, 0.05) is 30.6 Å². The van der Waals surface area contributed by atoms with Gasteiger partial charge in [-0.3, -0.25) is 14.9 Å². The van der Waals surface area contributed by atoms with Gasteiger partial charge < -0.3 is 9.80 Å². The van der Waals surface area contributed by atoms with Crippen LogP contribution < -0.4 is 0 Å². The molecule has 4 rings (SSSR count). The average molecular weight is 595 g/mol. The molecule has 13 heteroatoms. The van der Waals surface area contributed by atoms with Crippen LogP contribution in [0.25, 0.3) is 0 Å². The summed E-state index contributed by atoms with van der Waals surface area (Å²) < 4.78 is 42.0. The Labute approximate surface area is 235 Å². The van der Waals surface area contributed by atoms with Crippen molar-refractivity contribution in [3.8, 4) is 0 Å². The van der Waals surface area contributed by atoms with Crippen LogP contribution in [0.3, 0.4) is 0 Å². The lowest BCUT2D eigenvalue weighted by Gasteiger charge is -2.28. The van der Waals surface area contributed by atoms with Gasteiger partial charge in [-0.25, -0.2) is 12.8 Å². The number of amides is 1. The van der Waals surface area contributed by atoms with Crippen molar-refractivity contribution in [1.82, 2.24) is 14.1 Å². The minimum absolute atomic E-state index is 0.0356. The largest absolute Gasteiger partial charge is 0.332 e. The van der Waals surface area contributed by atoms with Gasteiger partial charge in [-0.2, -0.15) is 4.31 Å². The summed E-state index contributed by atoms with van der Waals surface area (Å²) in [5.74, 6) is -0.840. The van der Waals surface area contributed by atoms with E-state index in [1.807, 2.05) is 17.5 Å². The molecule has 39 heavy (non-hydrogen) atoms. The quantitative estimate of drug-likeness (QED) is 0.221. The monoisotopic (exact) mass is 594 g/mol. The Morgan fingerprint density at radius 3 is 2.46 bits per heavy atom. The van der Waals surface area contributed by atoms with Crippen LogP contribution in [0.2, 0.25) is 5.02 Å². The van der Waals surface area contributed by atoms with Crippen molar-refractivity contribution in [2.24, 2.45) is 0 Å². The molecule has 1 fully saturated rings. The molecule has 2 heterocycles. The van der Waals surface area contributed by atoms with E-state index in [0.29, 0.717) is 12.1 Å². The van der Waals surface area contributed by atoms with Crippen molar-refractivity contribution < 1.29 is 22.5 Å². The summed E-state index contributed by atoms with van der Waals surface area (Å²) in [7, 11) is -4.29. The molecule has 0 N–H and O–H groups in total. The van der Waals surface area contributed by atoms with Crippen LogP contribution in [0.4, 0.5) is 10.1 Å². The van der Waals surface area contributed by atoms with Crippen molar-refractivity contribution in [3.63, 3.8) is 0 Å². The third-order valence-corrected chi connectivity index (χ3v) is 9.52. The number of carbonyl (C=O) groups is 1. The first-order chi connectivity index (χ1) is 18.6. The molecule has 0 atom stereocenters. The minimum Gasteiger partial charge on any atom is -0.332 e. The van der Waals surface area contributed by atoms with Gasteiger partial charge in [0.15, 0.2) is 0 Å². The van der Waals surface area contributed by atoms with Gasteiger partial charge in [0.25, 0.3) is 5.69 Å². The van der Waals surface area contributed by atoms with E-state index in [0.717, 1.165) is 41.2 Å². The number of nitro benzene ring substituents is 1. The first-order valence-corrected chi connectivity index (χ1v) is 15.0. The second kappa shape index (κ2) is 13.0. The Morgan fingerprint density at radius 2 is 1.82 bits per heavy atom. The molecular weight excluding hydrogens is 567 g/mol. The lowest BCUT2D eigenvalue weighted by molar-refractivity contribution is -0.384. The highest BCUT2D eigenvalue weighted by Crippen LogP contribution is 2.29. The second-order valence-corrected chi connectivity index (χ2v) is 12.6. The van der Waals surface area contributed by atoms with Crippen LogP contribution in [-0.4, -0.2) is 66.1 Å². The molecule has 0 unspecified atom stereocenters. The standard InChI is InChI=1S/C26H28ClFN4O5S2/c27-24-10-9-23(16-25(24)32(34)35)39(36,37)31(14-13-29-11-1-2-12-29)19-26(33)30(18-22-4-3-15-38-22)17-20-5-7-21(28)8-6-20/h3-10,15-16H,1-2,11-14,17-19H2. The Kier molecular flexibility index (Phi) is 9.67. The van der Waals surface area contributed by atoms with Gasteiger partial charge in [0.1, 0.15) is 10.8 Å². The van der Waals surface area contributed by atoms with Gasteiger partial charge in [-0.1, -0.05) is 29.8 Å². The number of nitro groups is 1. The average Bonchev–Trinajstić information content (AvgIpc) is 3.62. The van der Waals surface area contributed by atoms with Crippen LogP contribution in [-0.2, 0) is 27.9 Å². The second-order valence-electron chi connectivity index (χ2n) is 9.21. The number of rotatable bonds is 12. The molecular formula is C26H28ClFN4O5S2. The van der Waals surface area contributed by atoms with E-state index < -0.39 is 38.9 Å². The van der Waals surface area contributed by atoms with E-state index in [-0.39, 0.29) is 29.6 Å². The van der Waals surface area contributed by atoms with Crippen LogP contribution in [0.15, 0.2) is 64.9 Å². The van der Waals surface area contributed by atoms with E-state index in [1.165, 1.54) is 40.5 Å². The third-order valence-electron chi connectivity index (χ3n) is 6.49. The van der Waals surface area contributed by atoms with Crippen molar-refractivity contribution >= 4 is 44.6 Å². The van der Waals surface area contributed by atoms with E-state index >= 15 is 0 Å². The fourth-order valence-corrected chi connectivity index (χ4v) is 6.68. The van der Waals surface area contributed by atoms with Gasteiger partial charge >= 0.3 is 0 Å². The molecule has 9 nitrogen and oxygen atoms in total.